The van der Waals surface area contributed by atoms with Gasteiger partial charge in [-0.3, -0.25) is 14.4 Å². The number of sulfonamides is 1. The molecule has 1 N–H and O–H groups in total. The predicted octanol–water partition coefficient (Wildman–Crippen LogP) is 4.60. The first-order chi connectivity index (χ1) is 15.9. The molecule has 0 saturated carbocycles. The summed E-state index contributed by atoms with van der Waals surface area (Å²) in [6, 6.07) is 13.1. The number of nitrogens with zero attached hydrogens (tertiary/aromatic N) is 3. The van der Waals surface area contributed by atoms with Crippen molar-refractivity contribution in [2.24, 2.45) is 0 Å². The molecule has 1 amide bonds. The molecule has 176 valence electrons. The fourth-order valence-electron chi connectivity index (χ4n) is 2.80. The molecule has 3 rings (SSSR count). The second-order valence-corrected chi connectivity index (χ2v) is 11.7. The van der Waals surface area contributed by atoms with Gasteiger partial charge in [-0.2, -0.15) is 0 Å². The summed E-state index contributed by atoms with van der Waals surface area (Å²) in [6.07, 6.45) is 1.91. The average Bonchev–Trinajstić information content (AvgIpc) is 3.25. The number of benzene rings is 2. The third-order valence-electron chi connectivity index (χ3n) is 4.29. The first-order valence-electron chi connectivity index (χ1n) is 10.0. The fourth-order valence-corrected chi connectivity index (χ4v) is 6.29. The Hall–Kier alpha value is -2.28. The van der Waals surface area contributed by atoms with Crippen LogP contribution in [0.1, 0.15) is 13.8 Å². The van der Waals surface area contributed by atoms with Crippen molar-refractivity contribution in [1.82, 2.24) is 10.2 Å². The lowest BCUT2D eigenvalue weighted by Gasteiger charge is -2.24. The Balaban J connectivity index is 1.89. The van der Waals surface area contributed by atoms with Crippen LogP contribution >= 0.6 is 34.9 Å². The average molecular weight is 525 g/mol. The molecule has 0 aliphatic heterocycles. The van der Waals surface area contributed by atoms with Gasteiger partial charge in [-0.15, -0.1) is 22.0 Å². The monoisotopic (exact) mass is 524 g/mol. The van der Waals surface area contributed by atoms with Gasteiger partial charge in [-0.1, -0.05) is 30.0 Å². The number of carbonyl (C=O) groups is 1. The van der Waals surface area contributed by atoms with Crippen molar-refractivity contribution < 1.29 is 17.9 Å². The van der Waals surface area contributed by atoms with Crippen LogP contribution in [0, 0.1) is 0 Å². The SMILES string of the molecule is CCOc1ccc(N(CC(=O)Nc2nnc(SCC)s2)S(=O)(=O)c2ccc(SC)cc2)cc1. The zero-order valence-electron chi connectivity index (χ0n) is 18.3. The summed E-state index contributed by atoms with van der Waals surface area (Å²) in [4.78, 5) is 13.8. The minimum atomic E-state index is -4.01. The molecule has 0 aliphatic carbocycles. The summed E-state index contributed by atoms with van der Waals surface area (Å²) < 4.78 is 34.3. The number of amides is 1. The molecule has 0 fully saturated rings. The highest BCUT2D eigenvalue weighted by molar-refractivity contribution is 8.01. The van der Waals surface area contributed by atoms with Crippen LogP contribution in [0.15, 0.2) is 62.7 Å². The van der Waals surface area contributed by atoms with Gasteiger partial charge in [0.25, 0.3) is 10.0 Å². The van der Waals surface area contributed by atoms with Gasteiger partial charge in [0.15, 0.2) is 4.34 Å². The summed E-state index contributed by atoms with van der Waals surface area (Å²) in [5.41, 5.74) is 0.349. The van der Waals surface area contributed by atoms with Gasteiger partial charge >= 0.3 is 0 Å². The Morgan fingerprint density at radius 1 is 1.09 bits per heavy atom. The smallest absolute Gasteiger partial charge is 0.264 e. The number of hydrogen-bond acceptors (Lipinski definition) is 9. The van der Waals surface area contributed by atoms with Crippen molar-refractivity contribution in [3.8, 4) is 5.75 Å². The normalized spacial score (nSPS) is 11.2. The Morgan fingerprint density at radius 2 is 1.79 bits per heavy atom. The summed E-state index contributed by atoms with van der Waals surface area (Å²) >= 11 is 4.28. The molecule has 0 bridgehead atoms. The van der Waals surface area contributed by atoms with E-state index in [0.29, 0.717) is 23.2 Å². The van der Waals surface area contributed by atoms with Crippen molar-refractivity contribution in [1.29, 1.82) is 0 Å². The van der Waals surface area contributed by atoms with E-state index in [4.69, 9.17) is 4.74 Å². The summed E-state index contributed by atoms with van der Waals surface area (Å²) in [6.45, 7) is 3.93. The lowest BCUT2D eigenvalue weighted by molar-refractivity contribution is -0.114. The number of anilines is 2. The van der Waals surface area contributed by atoms with Crippen LogP contribution in [0.4, 0.5) is 10.8 Å². The van der Waals surface area contributed by atoms with E-state index in [9.17, 15) is 13.2 Å². The van der Waals surface area contributed by atoms with E-state index in [1.165, 1.54) is 34.9 Å². The predicted molar refractivity (Wildman–Crippen MR) is 135 cm³/mol. The molecule has 2 aromatic carbocycles. The van der Waals surface area contributed by atoms with Crippen LogP contribution < -0.4 is 14.4 Å². The number of rotatable bonds is 11. The van der Waals surface area contributed by atoms with Crippen molar-refractivity contribution in [2.75, 3.05) is 34.8 Å². The number of aromatic nitrogens is 2. The molecule has 0 unspecified atom stereocenters. The molecule has 33 heavy (non-hydrogen) atoms. The minimum Gasteiger partial charge on any atom is -0.494 e. The molecule has 0 aliphatic rings. The molecule has 0 spiro atoms. The Morgan fingerprint density at radius 3 is 2.39 bits per heavy atom. The second-order valence-electron chi connectivity index (χ2n) is 6.47. The van der Waals surface area contributed by atoms with Gasteiger partial charge in [0.05, 0.1) is 17.2 Å². The summed E-state index contributed by atoms with van der Waals surface area (Å²) in [5.74, 6) is 0.932. The highest BCUT2D eigenvalue weighted by atomic mass is 32.2. The number of hydrogen-bond donors (Lipinski definition) is 1. The Kier molecular flexibility index (Phi) is 9.01. The highest BCUT2D eigenvalue weighted by Crippen LogP contribution is 2.28. The van der Waals surface area contributed by atoms with Crippen LogP contribution in [0.25, 0.3) is 0 Å². The first-order valence-corrected chi connectivity index (χ1v) is 14.5. The molecule has 0 saturated heterocycles. The minimum absolute atomic E-state index is 0.0968. The van der Waals surface area contributed by atoms with Gasteiger partial charge in [-0.25, -0.2) is 8.42 Å². The van der Waals surface area contributed by atoms with Crippen molar-refractivity contribution >= 4 is 61.6 Å². The van der Waals surface area contributed by atoms with E-state index >= 15 is 0 Å². The first kappa shape index (κ1) is 25.3. The van der Waals surface area contributed by atoms with Crippen LogP contribution in [-0.4, -0.2) is 49.7 Å². The molecule has 12 heteroatoms. The van der Waals surface area contributed by atoms with Gasteiger partial charge < -0.3 is 4.74 Å². The third-order valence-corrected chi connectivity index (χ3v) is 8.68. The summed E-state index contributed by atoms with van der Waals surface area (Å²) in [5, 5.41) is 10.9. The van der Waals surface area contributed by atoms with Gasteiger partial charge in [0.1, 0.15) is 12.3 Å². The molecule has 0 radical (unpaired) electrons. The lowest BCUT2D eigenvalue weighted by atomic mass is 10.3. The van der Waals surface area contributed by atoms with Gasteiger partial charge in [0.2, 0.25) is 11.0 Å². The molecular weight excluding hydrogens is 501 g/mol. The maximum Gasteiger partial charge on any atom is 0.264 e. The van der Waals surface area contributed by atoms with E-state index in [1.807, 2.05) is 20.1 Å². The number of ether oxygens (including phenoxy) is 1. The van der Waals surface area contributed by atoms with E-state index in [1.54, 1.807) is 48.5 Å². The van der Waals surface area contributed by atoms with E-state index in [0.717, 1.165) is 19.3 Å². The Labute approximate surface area is 206 Å². The quantitative estimate of drug-likeness (QED) is 0.287. The maximum absolute atomic E-state index is 13.5. The number of nitrogens with one attached hydrogen (secondary N) is 1. The zero-order chi connectivity index (χ0) is 23.8. The Bertz CT molecular complexity index is 1170. The topological polar surface area (TPSA) is 101 Å². The van der Waals surface area contributed by atoms with E-state index in [-0.39, 0.29) is 4.90 Å². The molecule has 8 nitrogen and oxygen atoms in total. The largest absolute Gasteiger partial charge is 0.494 e. The summed E-state index contributed by atoms with van der Waals surface area (Å²) in [7, 11) is -4.01. The van der Waals surface area contributed by atoms with Gasteiger partial charge in [0, 0.05) is 4.90 Å². The maximum atomic E-state index is 13.5. The number of thioether (sulfide) groups is 2. The fraction of sp³-hybridized carbons (Fsp3) is 0.286. The van der Waals surface area contributed by atoms with Crippen LogP contribution in [0.5, 0.6) is 5.75 Å². The van der Waals surface area contributed by atoms with Crippen LogP contribution in [-0.2, 0) is 14.8 Å². The zero-order valence-corrected chi connectivity index (χ0v) is 21.6. The van der Waals surface area contributed by atoms with E-state index < -0.39 is 22.5 Å². The standard InChI is InChI=1S/C21H24N4O4S4/c1-4-29-16-8-6-15(7-9-16)25(33(27,28)18-12-10-17(30-3)11-13-18)14-19(26)22-20-23-24-21(32-20)31-5-2/h6-13H,4-5,14H2,1-3H3,(H,22,23,26). The van der Waals surface area contributed by atoms with Crippen molar-refractivity contribution in [3.63, 3.8) is 0 Å². The molecule has 3 aromatic rings. The van der Waals surface area contributed by atoms with Crippen LogP contribution in [0.3, 0.4) is 0 Å². The molecule has 1 aromatic heterocycles. The lowest BCUT2D eigenvalue weighted by Crippen LogP contribution is -2.38. The van der Waals surface area contributed by atoms with E-state index in [2.05, 4.69) is 15.5 Å². The number of carbonyl (C=O) groups excluding carboxylic acids is 1. The second kappa shape index (κ2) is 11.7. The third kappa shape index (κ3) is 6.62. The van der Waals surface area contributed by atoms with Crippen molar-refractivity contribution in [2.45, 2.75) is 28.0 Å². The molecule has 1 heterocycles. The molecule has 0 atom stereocenters. The van der Waals surface area contributed by atoms with Crippen molar-refractivity contribution in [3.05, 3.63) is 48.5 Å². The molecular formula is C21H24N4O4S4. The highest BCUT2D eigenvalue weighted by Gasteiger charge is 2.27. The van der Waals surface area contributed by atoms with Gasteiger partial charge in [-0.05, 0) is 67.5 Å². The van der Waals surface area contributed by atoms with Crippen LogP contribution in [0.2, 0.25) is 0 Å².